The van der Waals surface area contributed by atoms with E-state index in [1.807, 2.05) is 0 Å². The van der Waals surface area contributed by atoms with Crippen LogP contribution in [0.2, 0.25) is 0 Å². The lowest BCUT2D eigenvalue weighted by Gasteiger charge is -2.35. The Kier molecular flexibility index (Phi) is 5.93. The zero-order valence-corrected chi connectivity index (χ0v) is 14.0. The summed E-state index contributed by atoms with van der Waals surface area (Å²) in [7, 11) is 0. The van der Waals surface area contributed by atoms with Crippen LogP contribution in [0.5, 0.6) is 0 Å². The van der Waals surface area contributed by atoms with Gasteiger partial charge in [-0.05, 0) is 12.1 Å². The third kappa shape index (κ3) is 3.83. The zero-order valence-electron chi connectivity index (χ0n) is 14.0. The molecule has 138 valence electrons. The molecule has 0 fully saturated rings. The SMILES string of the molecule is C=C/C(F)=C(\N=C/N)[C@@H](C)[C@@](O)(Cn1cncn1)c1ccc(F)cc1F. The van der Waals surface area contributed by atoms with Crippen LogP contribution in [0, 0.1) is 17.6 Å². The van der Waals surface area contributed by atoms with E-state index < -0.39 is 29.0 Å². The van der Waals surface area contributed by atoms with Crippen molar-refractivity contribution in [3.8, 4) is 0 Å². The molecule has 2 atom stereocenters. The highest BCUT2D eigenvalue weighted by Crippen LogP contribution is 2.39. The van der Waals surface area contributed by atoms with Gasteiger partial charge in [-0.1, -0.05) is 19.6 Å². The van der Waals surface area contributed by atoms with E-state index in [1.54, 1.807) is 0 Å². The number of rotatable bonds is 7. The number of hydrogen-bond acceptors (Lipinski definition) is 4. The average molecular weight is 365 g/mol. The van der Waals surface area contributed by atoms with Gasteiger partial charge in [0.15, 0.2) is 0 Å². The van der Waals surface area contributed by atoms with Crippen LogP contribution in [0.15, 0.2) is 60.0 Å². The lowest BCUT2D eigenvalue weighted by molar-refractivity contribution is -0.0271. The molecular weight excluding hydrogens is 347 g/mol. The minimum atomic E-state index is -2.03. The molecule has 1 aromatic carbocycles. The Morgan fingerprint density at radius 1 is 1.50 bits per heavy atom. The lowest BCUT2D eigenvalue weighted by Crippen LogP contribution is -2.40. The minimum absolute atomic E-state index is 0.242. The summed E-state index contributed by atoms with van der Waals surface area (Å²) in [6, 6.07) is 2.72. The molecule has 6 nitrogen and oxygen atoms in total. The molecule has 0 amide bonds. The topological polar surface area (TPSA) is 89.3 Å². The van der Waals surface area contributed by atoms with Crippen molar-refractivity contribution in [2.24, 2.45) is 16.6 Å². The van der Waals surface area contributed by atoms with Crippen LogP contribution in [0.4, 0.5) is 13.2 Å². The molecule has 0 aliphatic heterocycles. The number of benzene rings is 1. The summed E-state index contributed by atoms with van der Waals surface area (Å²) >= 11 is 0. The Morgan fingerprint density at radius 2 is 2.23 bits per heavy atom. The van der Waals surface area contributed by atoms with Crippen molar-refractivity contribution in [2.75, 3.05) is 0 Å². The van der Waals surface area contributed by atoms with Crippen molar-refractivity contribution in [1.29, 1.82) is 0 Å². The van der Waals surface area contributed by atoms with Gasteiger partial charge in [0.2, 0.25) is 0 Å². The van der Waals surface area contributed by atoms with Gasteiger partial charge in [-0.15, -0.1) is 0 Å². The number of nitrogens with zero attached hydrogens (tertiary/aromatic N) is 4. The van der Waals surface area contributed by atoms with Crippen molar-refractivity contribution in [3.05, 3.63) is 72.2 Å². The number of allylic oxidation sites excluding steroid dienone is 2. The summed E-state index contributed by atoms with van der Waals surface area (Å²) in [5.74, 6) is -3.73. The summed E-state index contributed by atoms with van der Waals surface area (Å²) in [5.41, 5.74) is 2.75. The van der Waals surface area contributed by atoms with Gasteiger partial charge >= 0.3 is 0 Å². The first-order valence-corrected chi connectivity index (χ1v) is 7.60. The number of nitrogens with two attached hydrogens (primary N) is 1. The van der Waals surface area contributed by atoms with E-state index in [4.69, 9.17) is 5.73 Å². The summed E-state index contributed by atoms with van der Waals surface area (Å²) in [4.78, 5) is 7.51. The Morgan fingerprint density at radius 3 is 2.77 bits per heavy atom. The van der Waals surface area contributed by atoms with E-state index in [9.17, 15) is 18.3 Å². The summed E-state index contributed by atoms with van der Waals surface area (Å²) in [5, 5.41) is 15.2. The number of aliphatic hydroxyl groups is 1. The average Bonchev–Trinajstić information content (AvgIpc) is 3.10. The fourth-order valence-electron chi connectivity index (χ4n) is 2.65. The third-order valence-corrected chi connectivity index (χ3v) is 4.03. The maximum atomic E-state index is 14.4. The highest BCUT2D eigenvalue weighted by atomic mass is 19.1. The van der Waals surface area contributed by atoms with Gasteiger partial charge < -0.3 is 10.8 Å². The second-order valence-corrected chi connectivity index (χ2v) is 5.58. The van der Waals surface area contributed by atoms with Gasteiger partial charge in [0.1, 0.15) is 35.7 Å². The van der Waals surface area contributed by atoms with Gasteiger partial charge in [0.05, 0.1) is 18.6 Å². The van der Waals surface area contributed by atoms with Crippen molar-refractivity contribution < 1.29 is 18.3 Å². The minimum Gasteiger partial charge on any atom is -0.390 e. The van der Waals surface area contributed by atoms with Crippen molar-refractivity contribution >= 4 is 6.34 Å². The second kappa shape index (κ2) is 7.96. The molecule has 26 heavy (non-hydrogen) atoms. The van der Waals surface area contributed by atoms with Crippen LogP contribution >= 0.6 is 0 Å². The lowest BCUT2D eigenvalue weighted by atomic mass is 9.79. The normalized spacial score (nSPS) is 16.2. The molecular formula is C17H18F3N5O. The fraction of sp³-hybridized carbons (Fsp3) is 0.235. The Hall–Kier alpha value is -2.94. The van der Waals surface area contributed by atoms with Crippen molar-refractivity contribution in [3.63, 3.8) is 0 Å². The van der Waals surface area contributed by atoms with Crippen LogP contribution in [0.1, 0.15) is 12.5 Å². The van der Waals surface area contributed by atoms with E-state index in [0.717, 1.165) is 24.5 Å². The largest absolute Gasteiger partial charge is 0.390 e. The Bertz CT molecular complexity index is 835. The first-order valence-electron chi connectivity index (χ1n) is 7.60. The number of aromatic nitrogens is 3. The van der Waals surface area contributed by atoms with Crippen molar-refractivity contribution in [2.45, 2.75) is 19.1 Å². The van der Waals surface area contributed by atoms with Gasteiger partial charge in [0, 0.05) is 17.5 Å². The monoisotopic (exact) mass is 365 g/mol. The molecule has 0 aliphatic carbocycles. The zero-order chi connectivity index (χ0) is 19.3. The molecule has 0 saturated heterocycles. The molecule has 9 heteroatoms. The summed E-state index contributed by atoms with van der Waals surface area (Å²) < 4.78 is 43.2. The highest BCUT2D eigenvalue weighted by molar-refractivity contribution is 5.54. The summed E-state index contributed by atoms with van der Waals surface area (Å²) in [6.45, 7) is 4.47. The fourth-order valence-corrected chi connectivity index (χ4v) is 2.65. The third-order valence-electron chi connectivity index (χ3n) is 4.03. The molecule has 0 saturated carbocycles. The highest BCUT2D eigenvalue weighted by Gasteiger charge is 2.42. The van der Waals surface area contributed by atoms with E-state index >= 15 is 0 Å². The van der Waals surface area contributed by atoms with E-state index in [1.165, 1.54) is 24.3 Å². The first kappa shape index (κ1) is 19.4. The number of aliphatic imine (C=N–C) groups is 1. The molecule has 1 heterocycles. The van der Waals surface area contributed by atoms with E-state index in [-0.39, 0.29) is 17.8 Å². The predicted octanol–water partition coefficient (Wildman–Crippen LogP) is 2.43. The first-order chi connectivity index (χ1) is 12.3. The maximum Gasteiger partial charge on any atom is 0.144 e. The Balaban J connectivity index is 2.64. The van der Waals surface area contributed by atoms with E-state index in [2.05, 4.69) is 21.7 Å². The maximum absolute atomic E-state index is 14.4. The van der Waals surface area contributed by atoms with Gasteiger partial charge in [-0.25, -0.2) is 27.8 Å². The molecule has 0 spiro atoms. The van der Waals surface area contributed by atoms with Crippen LogP contribution < -0.4 is 5.73 Å². The molecule has 0 unspecified atom stereocenters. The standard InChI is InChI=1S/C17H18F3N5O/c1-3-14(19)16(23-8-21)11(2)17(26,7-25-10-22-9-24-25)13-5-4-12(18)6-15(13)20/h3-6,8-11,26H,1,7H2,2H3,(H2,21,23)/b16-14+/t11-,17+/m1/s1. The molecule has 0 radical (unpaired) electrons. The van der Waals surface area contributed by atoms with Gasteiger partial charge in [0.25, 0.3) is 0 Å². The molecule has 1 aromatic heterocycles. The van der Waals surface area contributed by atoms with Crippen LogP contribution in [-0.4, -0.2) is 26.2 Å². The Labute approximate surface area is 148 Å². The number of hydrogen-bond donors (Lipinski definition) is 2. The molecule has 2 aromatic rings. The van der Waals surface area contributed by atoms with Gasteiger partial charge in [-0.3, -0.25) is 0 Å². The summed E-state index contributed by atoms with van der Waals surface area (Å²) in [6.07, 6.45) is 4.28. The quantitative estimate of drug-likeness (QED) is 0.448. The smallest absolute Gasteiger partial charge is 0.144 e. The van der Waals surface area contributed by atoms with Crippen LogP contribution in [0.25, 0.3) is 0 Å². The second-order valence-electron chi connectivity index (χ2n) is 5.58. The van der Waals surface area contributed by atoms with Crippen LogP contribution in [-0.2, 0) is 12.1 Å². The van der Waals surface area contributed by atoms with E-state index in [0.29, 0.717) is 6.07 Å². The molecule has 0 bridgehead atoms. The van der Waals surface area contributed by atoms with Crippen LogP contribution in [0.3, 0.4) is 0 Å². The molecule has 3 N–H and O–H groups in total. The molecule has 2 rings (SSSR count). The van der Waals surface area contributed by atoms with Gasteiger partial charge in [-0.2, -0.15) is 5.10 Å². The molecule has 0 aliphatic rings. The van der Waals surface area contributed by atoms with Crippen molar-refractivity contribution in [1.82, 2.24) is 14.8 Å². The predicted molar refractivity (Wildman–Crippen MR) is 90.5 cm³/mol. The number of halogens is 3.